The van der Waals surface area contributed by atoms with Gasteiger partial charge in [0.05, 0.1) is 6.04 Å². The molecular weight excluding hydrogens is 399 g/mol. The molecule has 0 bridgehead atoms. The third kappa shape index (κ3) is 4.77. The maximum atomic E-state index is 13.9. The van der Waals surface area contributed by atoms with Crippen molar-refractivity contribution in [1.82, 2.24) is 14.9 Å². The van der Waals surface area contributed by atoms with Gasteiger partial charge in [-0.05, 0) is 51.4 Å². The normalized spacial score (nSPS) is 16.6. The second kappa shape index (κ2) is 8.52. The smallest absolute Gasteiger partial charge is 0.287 e. The molecule has 1 amide bonds. The molecule has 2 heterocycles. The van der Waals surface area contributed by atoms with E-state index in [1.165, 1.54) is 31.3 Å². The number of piperazine rings is 1. The fourth-order valence-electron chi connectivity index (χ4n) is 3.24. The number of amides is 1. The van der Waals surface area contributed by atoms with Crippen LogP contribution in [0.3, 0.4) is 0 Å². The quantitative estimate of drug-likeness (QED) is 0.731. The highest BCUT2D eigenvalue weighted by Crippen LogP contribution is 2.28. The van der Waals surface area contributed by atoms with E-state index < -0.39 is 22.0 Å². The Kier molecular flexibility index (Phi) is 6.25. The molecule has 1 aliphatic heterocycles. The van der Waals surface area contributed by atoms with E-state index in [9.17, 15) is 17.6 Å². The number of furan rings is 1. The summed E-state index contributed by atoms with van der Waals surface area (Å²) in [6, 6.07) is 6.54. The van der Waals surface area contributed by atoms with Crippen LogP contribution in [-0.2, 0) is 10.0 Å². The van der Waals surface area contributed by atoms with Gasteiger partial charge in [-0.3, -0.25) is 4.79 Å². The number of anilines is 1. The van der Waals surface area contributed by atoms with Crippen LogP contribution in [0.1, 0.15) is 29.1 Å². The Balaban J connectivity index is 1.79. The molecule has 1 saturated heterocycles. The van der Waals surface area contributed by atoms with E-state index in [-0.39, 0.29) is 16.7 Å². The van der Waals surface area contributed by atoms with Crippen LogP contribution < -0.4 is 14.9 Å². The van der Waals surface area contributed by atoms with E-state index in [0.29, 0.717) is 5.56 Å². The minimum atomic E-state index is -3.78. The van der Waals surface area contributed by atoms with Crippen molar-refractivity contribution in [3.63, 3.8) is 0 Å². The van der Waals surface area contributed by atoms with Crippen molar-refractivity contribution < 1.29 is 22.0 Å². The molecule has 2 N–H and O–H groups in total. The number of hydrogen-bond acceptors (Lipinski definition) is 6. The van der Waals surface area contributed by atoms with E-state index in [4.69, 9.17) is 4.42 Å². The monoisotopic (exact) mass is 424 g/mol. The average molecular weight is 424 g/mol. The lowest BCUT2D eigenvalue weighted by atomic mass is 10.0. The number of sulfonamides is 1. The second-order valence-corrected chi connectivity index (χ2v) is 8.83. The molecule has 158 valence electrons. The topological polar surface area (TPSA) is 94.9 Å². The van der Waals surface area contributed by atoms with Gasteiger partial charge in [0.25, 0.3) is 15.9 Å². The molecule has 0 radical (unpaired) electrons. The highest BCUT2D eigenvalue weighted by Gasteiger charge is 2.24. The summed E-state index contributed by atoms with van der Waals surface area (Å²) in [7, 11) is -0.473. The van der Waals surface area contributed by atoms with Gasteiger partial charge in [0.2, 0.25) is 5.09 Å². The van der Waals surface area contributed by atoms with Crippen LogP contribution in [0.4, 0.5) is 10.1 Å². The standard InChI is InChI=1S/C19H25FN4O4S/c1-13(22-19(25)17-6-7-18(28-17)29(26,27)21-2)15-12-14(20)4-5-16(15)24-10-8-23(3)9-11-24/h4-7,12-13,21H,8-11H2,1-3H3,(H,22,25). The summed E-state index contributed by atoms with van der Waals surface area (Å²) in [4.78, 5) is 16.9. The summed E-state index contributed by atoms with van der Waals surface area (Å²) >= 11 is 0. The number of benzene rings is 1. The van der Waals surface area contributed by atoms with Crippen LogP contribution in [-0.4, -0.2) is 59.5 Å². The van der Waals surface area contributed by atoms with Gasteiger partial charge in [-0.2, -0.15) is 0 Å². The number of carbonyl (C=O) groups excluding carboxylic acids is 1. The van der Waals surface area contributed by atoms with Crippen molar-refractivity contribution in [3.8, 4) is 0 Å². The van der Waals surface area contributed by atoms with Crippen LogP contribution >= 0.6 is 0 Å². The third-order valence-corrected chi connectivity index (χ3v) is 6.27. The van der Waals surface area contributed by atoms with Crippen LogP contribution in [0.5, 0.6) is 0 Å². The predicted octanol–water partition coefficient (Wildman–Crippen LogP) is 1.57. The van der Waals surface area contributed by atoms with Gasteiger partial charge >= 0.3 is 0 Å². The van der Waals surface area contributed by atoms with Crippen LogP contribution in [0.2, 0.25) is 0 Å². The molecule has 29 heavy (non-hydrogen) atoms. The van der Waals surface area contributed by atoms with E-state index in [1.54, 1.807) is 13.0 Å². The molecule has 1 atom stereocenters. The van der Waals surface area contributed by atoms with E-state index >= 15 is 0 Å². The molecule has 3 rings (SSSR count). The van der Waals surface area contributed by atoms with Crippen molar-refractivity contribution in [1.29, 1.82) is 0 Å². The van der Waals surface area contributed by atoms with Crippen molar-refractivity contribution in [3.05, 3.63) is 47.5 Å². The SMILES string of the molecule is CNS(=O)(=O)c1ccc(C(=O)NC(C)c2cc(F)ccc2N2CCN(C)CC2)o1. The molecule has 2 aromatic rings. The highest BCUT2D eigenvalue weighted by atomic mass is 32.2. The van der Waals surface area contributed by atoms with Gasteiger partial charge < -0.3 is 19.5 Å². The Hall–Kier alpha value is -2.43. The zero-order valence-electron chi connectivity index (χ0n) is 16.6. The highest BCUT2D eigenvalue weighted by molar-refractivity contribution is 7.89. The number of nitrogens with zero attached hydrogens (tertiary/aromatic N) is 2. The number of carbonyl (C=O) groups is 1. The number of likely N-dealkylation sites (N-methyl/N-ethyl adjacent to an activating group) is 1. The van der Waals surface area contributed by atoms with Crippen molar-refractivity contribution in [2.45, 2.75) is 18.1 Å². The molecule has 1 aromatic heterocycles. The predicted molar refractivity (Wildman–Crippen MR) is 107 cm³/mol. The number of hydrogen-bond donors (Lipinski definition) is 2. The molecule has 0 aliphatic carbocycles. The van der Waals surface area contributed by atoms with E-state index in [1.807, 2.05) is 0 Å². The molecular formula is C19H25FN4O4S. The minimum absolute atomic E-state index is 0.136. The fourth-order valence-corrected chi connectivity index (χ4v) is 3.89. The number of halogens is 1. The molecule has 0 saturated carbocycles. The lowest BCUT2D eigenvalue weighted by Crippen LogP contribution is -2.45. The molecule has 10 heteroatoms. The molecule has 1 aliphatic rings. The zero-order chi connectivity index (χ0) is 21.2. The maximum absolute atomic E-state index is 13.9. The van der Waals surface area contributed by atoms with Gasteiger partial charge in [0.1, 0.15) is 5.82 Å². The first kappa shape index (κ1) is 21.3. The molecule has 1 aromatic carbocycles. The van der Waals surface area contributed by atoms with Gasteiger partial charge in [-0.15, -0.1) is 0 Å². The Bertz CT molecular complexity index is 984. The summed E-state index contributed by atoms with van der Waals surface area (Å²) in [5, 5.41) is 2.41. The van der Waals surface area contributed by atoms with Crippen molar-refractivity contribution in [2.24, 2.45) is 0 Å². The van der Waals surface area contributed by atoms with E-state index in [2.05, 4.69) is 26.9 Å². The van der Waals surface area contributed by atoms with Gasteiger partial charge in [-0.1, -0.05) is 0 Å². The maximum Gasteiger partial charge on any atom is 0.287 e. The van der Waals surface area contributed by atoms with Crippen LogP contribution in [0.25, 0.3) is 0 Å². The minimum Gasteiger partial charge on any atom is -0.438 e. The second-order valence-electron chi connectivity index (χ2n) is 7.01. The number of rotatable bonds is 6. The van der Waals surface area contributed by atoms with Crippen molar-refractivity contribution >= 4 is 21.6 Å². The largest absolute Gasteiger partial charge is 0.438 e. The third-order valence-electron chi connectivity index (χ3n) is 4.99. The van der Waals surface area contributed by atoms with Gasteiger partial charge in [-0.25, -0.2) is 17.5 Å². The Morgan fingerprint density at radius 3 is 2.52 bits per heavy atom. The van der Waals surface area contributed by atoms with Crippen LogP contribution in [0, 0.1) is 5.82 Å². The summed E-state index contributed by atoms with van der Waals surface area (Å²) in [5.41, 5.74) is 1.52. The molecule has 8 nitrogen and oxygen atoms in total. The Morgan fingerprint density at radius 2 is 1.86 bits per heavy atom. The van der Waals surface area contributed by atoms with E-state index in [0.717, 1.165) is 31.9 Å². The first-order chi connectivity index (χ1) is 13.7. The molecule has 1 unspecified atom stereocenters. The summed E-state index contributed by atoms with van der Waals surface area (Å²) in [5.74, 6) is -1.11. The Morgan fingerprint density at radius 1 is 1.17 bits per heavy atom. The zero-order valence-corrected chi connectivity index (χ0v) is 17.4. The first-order valence-corrected chi connectivity index (χ1v) is 10.8. The summed E-state index contributed by atoms with van der Waals surface area (Å²) in [6.07, 6.45) is 0. The van der Waals surface area contributed by atoms with Gasteiger partial charge in [0, 0.05) is 37.4 Å². The first-order valence-electron chi connectivity index (χ1n) is 9.28. The van der Waals surface area contributed by atoms with Gasteiger partial charge in [0.15, 0.2) is 5.76 Å². The lowest BCUT2D eigenvalue weighted by Gasteiger charge is -2.36. The van der Waals surface area contributed by atoms with Crippen LogP contribution in [0.15, 0.2) is 39.8 Å². The summed E-state index contributed by atoms with van der Waals surface area (Å²) in [6.45, 7) is 5.15. The molecule has 1 fully saturated rings. The summed E-state index contributed by atoms with van der Waals surface area (Å²) < 4.78 is 44.8. The molecule has 0 spiro atoms. The number of nitrogens with one attached hydrogen (secondary N) is 2. The lowest BCUT2D eigenvalue weighted by molar-refractivity contribution is 0.0906. The van der Waals surface area contributed by atoms with Crippen molar-refractivity contribution in [2.75, 3.05) is 45.2 Å². The average Bonchev–Trinajstić information content (AvgIpc) is 3.20. The Labute approximate surface area is 169 Å². The fraction of sp³-hybridized carbons (Fsp3) is 0.421.